The van der Waals surface area contributed by atoms with E-state index in [9.17, 15) is 14.0 Å². The number of hydrogen-bond donors (Lipinski definition) is 2. The maximum absolute atomic E-state index is 13.7. The molecule has 2 amide bonds. The minimum atomic E-state index is -0.564. The summed E-state index contributed by atoms with van der Waals surface area (Å²) in [4.78, 5) is 23.7. The van der Waals surface area contributed by atoms with Crippen molar-refractivity contribution in [2.45, 2.75) is 13.5 Å². The van der Waals surface area contributed by atoms with Gasteiger partial charge in [0.1, 0.15) is 11.5 Å². The van der Waals surface area contributed by atoms with Crippen LogP contribution in [0, 0.1) is 5.82 Å². The minimum absolute atomic E-state index is 0.0231. The summed E-state index contributed by atoms with van der Waals surface area (Å²) in [6.07, 6.45) is 1.83. The number of aromatic nitrogens is 1. The van der Waals surface area contributed by atoms with Crippen LogP contribution in [0.4, 0.5) is 15.8 Å². The van der Waals surface area contributed by atoms with Gasteiger partial charge in [0.2, 0.25) is 5.91 Å². The molecule has 0 fully saturated rings. The molecule has 2 N–H and O–H groups in total. The standard InChI is InChI=1S/C20H18FN3O2/c1-14(25)22-18-12-16(9-10-17(18)21)23-20(26)19-8-5-11-24(19)13-15-6-3-2-4-7-15/h2-12H,13H2,1H3,(H,22,25)(H,23,26). The van der Waals surface area contributed by atoms with Crippen molar-refractivity contribution in [2.75, 3.05) is 10.6 Å². The molecule has 3 aromatic rings. The highest BCUT2D eigenvalue weighted by Crippen LogP contribution is 2.20. The van der Waals surface area contributed by atoms with E-state index in [4.69, 9.17) is 0 Å². The Morgan fingerprint density at radius 3 is 2.50 bits per heavy atom. The lowest BCUT2D eigenvalue weighted by Crippen LogP contribution is -2.17. The number of nitrogens with one attached hydrogen (secondary N) is 2. The molecule has 0 saturated heterocycles. The summed E-state index contributed by atoms with van der Waals surface area (Å²) in [7, 11) is 0. The molecule has 0 radical (unpaired) electrons. The van der Waals surface area contributed by atoms with Crippen LogP contribution in [0.2, 0.25) is 0 Å². The van der Waals surface area contributed by atoms with Gasteiger partial charge in [0.15, 0.2) is 0 Å². The fourth-order valence-corrected chi connectivity index (χ4v) is 2.62. The smallest absolute Gasteiger partial charge is 0.272 e. The second-order valence-electron chi connectivity index (χ2n) is 5.84. The number of anilines is 2. The third-order valence-corrected chi connectivity index (χ3v) is 3.79. The van der Waals surface area contributed by atoms with E-state index in [-0.39, 0.29) is 17.5 Å². The van der Waals surface area contributed by atoms with Crippen molar-refractivity contribution in [3.8, 4) is 0 Å². The van der Waals surface area contributed by atoms with Crippen molar-refractivity contribution in [3.05, 3.63) is 83.9 Å². The summed E-state index contributed by atoms with van der Waals surface area (Å²) in [6.45, 7) is 1.86. The van der Waals surface area contributed by atoms with Gasteiger partial charge in [-0.3, -0.25) is 9.59 Å². The molecular weight excluding hydrogens is 333 g/mol. The molecule has 5 nitrogen and oxygen atoms in total. The maximum atomic E-state index is 13.7. The Hall–Kier alpha value is -3.41. The highest BCUT2D eigenvalue weighted by atomic mass is 19.1. The summed E-state index contributed by atoms with van der Waals surface area (Å²) in [5, 5.41) is 5.13. The summed E-state index contributed by atoms with van der Waals surface area (Å²) >= 11 is 0. The SMILES string of the molecule is CC(=O)Nc1cc(NC(=O)c2cccn2Cc2ccccc2)ccc1F. The van der Waals surface area contributed by atoms with E-state index < -0.39 is 5.82 Å². The summed E-state index contributed by atoms with van der Waals surface area (Å²) in [5.41, 5.74) is 1.98. The zero-order chi connectivity index (χ0) is 18.5. The number of carbonyl (C=O) groups is 2. The van der Waals surface area contributed by atoms with Gasteiger partial charge in [0.25, 0.3) is 5.91 Å². The molecular formula is C20H18FN3O2. The van der Waals surface area contributed by atoms with Crippen LogP contribution in [0.3, 0.4) is 0 Å². The number of carbonyl (C=O) groups excluding carboxylic acids is 2. The largest absolute Gasteiger partial charge is 0.339 e. The fourth-order valence-electron chi connectivity index (χ4n) is 2.62. The summed E-state index contributed by atoms with van der Waals surface area (Å²) in [6, 6.07) is 17.4. The molecule has 1 aromatic heterocycles. The Morgan fingerprint density at radius 1 is 1.00 bits per heavy atom. The maximum Gasteiger partial charge on any atom is 0.272 e. The molecule has 0 spiro atoms. The first-order valence-electron chi connectivity index (χ1n) is 8.10. The Labute approximate surface area is 150 Å². The highest BCUT2D eigenvalue weighted by Gasteiger charge is 2.13. The van der Waals surface area contributed by atoms with E-state index >= 15 is 0 Å². The van der Waals surface area contributed by atoms with Gasteiger partial charge in [-0.2, -0.15) is 0 Å². The first-order chi connectivity index (χ1) is 12.5. The van der Waals surface area contributed by atoms with Crippen LogP contribution in [0.1, 0.15) is 23.0 Å². The number of rotatable bonds is 5. The molecule has 6 heteroatoms. The Balaban J connectivity index is 1.77. The van der Waals surface area contributed by atoms with E-state index in [2.05, 4.69) is 10.6 Å². The monoisotopic (exact) mass is 351 g/mol. The van der Waals surface area contributed by atoms with Gasteiger partial charge in [-0.1, -0.05) is 30.3 Å². The topological polar surface area (TPSA) is 63.1 Å². The van der Waals surface area contributed by atoms with Gasteiger partial charge in [-0.15, -0.1) is 0 Å². The number of benzene rings is 2. The average Bonchev–Trinajstić information content (AvgIpc) is 3.06. The van der Waals surface area contributed by atoms with E-state index in [0.717, 1.165) is 5.56 Å². The second kappa shape index (κ2) is 7.65. The Morgan fingerprint density at radius 2 is 1.77 bits per heavy atom. The second-order valence-corrected chi connectivity index (χ2v) is 5.84. The van der Waals surface area contributed by atoms with Gasteiger partial charge in [0, 0.05) is 25.4 Å². The lowest BCUT2D eigenvalue weighted by molar-refractivity contribution is -0.114. The summed E-state index contributed by atoms with van der Waals surface area (Å²) < 4.78 is 15.6. The van der Waals surface area contributed by atoms with E-state index in [1.54, 1.807) is 12.1 Å². The zero-order valence-corrected chi connectivity index (χ0v) is 14.2. The van der Waals surface area contributed by atoms with Crippen molar-refractivity contribution in [3.63, 3.8) is 0 Å². The van der Waals surface area contributed by atoms with Crippen LogP contribution in [0.25, 0.3) is 0 Å². The molecule has 0 aliphatic carbocycles. The minimum Gasteiger partial charge on any atom is -0.339 e. The van der Waals surface area contributed by atoms with Crippen LogP contribution in [0.5, 0.6) is 0 Å². The van der Waals surface area contributed by atoms with Crippen LogP contribution in [0.15, 0.2) is 66.9 Å². The van der Waals surface area contributed by atoms with Crippen molar-refractivity contribution in [2.24, 2.45) is 0 Å². The molecule has 1 heterocycles. The van der Waals surface area contributed by atoms with Gasteiger partial charge < -0.3 is 15.2 Å². The molecule has 0 bridgehead atoms. The molecule has 3 rings (SSSR count). The van der Waals surface area contributed by atoms with Gasteiger partial charge in [0.05, 0.1) is 5.69 Å². The third kappa shape index (κ3) is 4.16. The van der Waals surface area contributed by atoms with Crippen molar-refractivity contribution in [1.29, 1.82) is 0 Å². The van der Waals surface area contributed by atoms with Crippen molar-refractivity contribution in [1.82, 2.24) is 4.57 Å². The van der Waals surface area contributed by atoms with E-state index in [1.165, 1.54) is 25.1 Å². The van der Waals surface area contributed by atoms with Gasteiger partial charge in [-0.25, -0.2) is 4.39 Å². The van der Waals surface area contributed by atoms with Gasteiger partial charge in [-0.05, 0) is 35.9 Å². The fraction of sp³-hybridized carbons (Fsp3) is 0.100. The van der Waals surface area contributed by atoms with Crippen molar-refractivity contribution < 1.29 is 14.0 Å². The highest BCUT2D eigenvalue weighted by molar-refractivity contribution is 6.03. The van der Waals surface area contributed by atoms with E-state index in [1.807, 2.05) is 41.1 Å². The first kappa shape index (κ1) is 17.4. The molecule has 0 aliphatic heterocycles. The Bertz CT molecular complexity index is 935. The Kier molecular flexibility index (Phi) is 5.12. The lowest BCUT2D eigenvalue weighted by atomic mass is 10.2. The number of hydrogen-bond acceptors (Lipinski definition) is 2. The van der Waals surface area contributed by atoms with Crippen LogP contribution in [-0.2, 0) is 11.3 Å². The van der Waals surface area contributed by atoms with Crippen LogP contribution in [-0.4, -0.2) is 16.4 Å². The normalized spacial score (nSPS) is 10.4. The van der Waals surface area contributed by atoms with E-state index in [0.29, 0.717) is 17.9 Å². The third-order valence-electron chi connectivity index (χ3n) is 3.79. The predicted octanol–water partition coefficient (Wildman–Crippen LogP) is 3.89. The first-order valence-corrected chi connectivity index (χ1v) is 8.10. The summed E-state index contributed by atoms with van der Waals surface area (Å²) in [5.74, 6) is -1.26. The molecule has 2 aromatic carbocycles. The zero-order valence-electron chi connectivity index (χ0n) is 14.2. The van der Waals surface area contributed by atoms with Crippen LogP contribution >= 0.6 is 0 Å². The number of halogens is 1. The van der Waals surface area contributed by atoms with Crippen LogP contribution < -0.4 is 10.6 Å². The lowest BCUT2D eigenvalue weighted by Gasteiger charge is -2.11. The molecule has 0 atom stereocenters. The average molecular weight is 351 g/mol. The number of amides is 2. The molecule has 26 heavy (non-hydrogen) atoms. The van der Waals surface area contributed by atoms with Crippen molar-refractivity contribution >= 4 is 23.2 Å². The molecule has 0 unspecified atom stereocenters. The van der Waals surface area contributed by atoms with Gasteiger partial charge >= 0.3 is 0 Å². The number of nitrogens with zero attached hydrogens (tertiary/aromatic N) is 1. The molecule has 0 saturated carbocycles. The predicted molar refractivity (Wildman–Crippen MR) is 98.6 cm³/mol. The molecule has 132 valence electrons. The molecule has 0 aliphatic rings. The quantitative estimate of drug-likeness (QED) is 0.733.